The molecule has 0 heterocycles. The number of nitrogens with one attached hydrogen (secondary N) is 1. The Morgan fingerprint density at radius 2 is 2.00 bits per heavy atom. The van der Waals surface area contributed by atoms with Gasteiger partial charge in [0, 0.05) is 6.08 Å². The first kappa shape index (κ1) is 18.4. The number of halogens is 1. The highest BCUT2D eigenvalue weighted by Gasteiger charge is 2.30. The Balaban J connectivity index is 2.48. The average Bonchev–Trinajstić information content (AvgIpc) is 2.52. The van der Waals surface area contributed by atoms with Gasteiger partial charge in [-0.15, -0.1) is 0 Å². The van der Waals surface area contributed by atoms with Crippen LogP contribution in [0.2, 0.25) is 0 Å². The number of amides is 1. The van der Waals surface area contributed by atoms with Gasteiger partial charge in [-0.25, -0.2) is 9.18 Å². The minimum absolute atomic E-state index is 0.0921. The van der Waals surface area contributed by atoms with Crippen molar-refractivity contribution in [1.82, 2.24) is 5.32 Å². The molecule has 1 amide bonds. The highest BCUT2D eigenvalue weighted by atomic mass is 19.1. The Kier molecular flexibility index (Phi) is 6.46. The molecular formula is C17H19FN2O3. The van der Waals surface area contributed by atoms with E-state index in [-0.39, 0.29) is 11.7 Å². The Hall–Kier alpha value is -2.68. The van der Waals surface area contributed by atoms with E-state index in [9.17, 15) is 14.0 Å². The van der Waals surface area contributed by atoms with Crippen LogP contribution in [-0.2, 0) is 14.3 Å². The molecule has 1 N–H and O–H groups in total. The predicted octanol–water partition coefficient (Wildman–Crippen LogP) is 2.44. The van der Waals surface area contributed by atoms with E-state index < -0.39 is 24.0 Å². The molecule has 1 aromatic carbocycles. The van der Waals surface area contributed by atoms with Crippen molar-refractivity contribution < 1.29 is 18.7 Å². The average molecular weight is 318 g/mol. The first-order valence-electron chi connectivity index (χ1n) is 7.09. The zero-order valence-corrected chi connectivity index (χ0v) is 13.3. The number of ether oxygens (including phenoxy) is 1. The van der Waals surface area contributed by atoms with Crippen LogP contribution in [0.15, 0.2) is 30.3 Å². The van der Waals surface area contributed by atoms with E-state index in [1.54, 1.807) is 20.8 Å². The summed E-state index contributed by atoms with van der Waals surface area (Å²) < 4.78 is 17.5. The first-order chi connectivity index (χ1) is 10.8. The summed E-state index contributed by atoms with van der Waals surface area (Å²) in [6.07, 6.45) is 2.60. The van der Waals surface area contributed by atoms with E-state index >= 15 is 0 Å². The fourth-order valence-electron chi connectivity index (χ4n) is 1.55. The van der Waals surface area contributed by atoms with Crippen LogP contribution < -0.4 is 5.32 Å². The normalized spacial score (nSPS) is 13.4. The fourth-order valence-corrected chi connectivity index (χ4v) is 1.55. The van der Waals surface area contributed by atoms with E-state index in [4.69, 9.17) is 10.00 Å². The summed E-state index contributed by atoms with van der Waals surface area (Å²) in [5.41, 5.74) is -0.391. The predicted molar refractivity (Wildman–Crippen MR) is 83.4 cm³/mol. The van der Waals surface area contributed by atoms with Crippen LogP contribution in [0.3, 0.4) is 0 Å². The second-order valence-corrected chi connectivity index (χ2v) is 5.51. The summed E-state index contributed by atoms with van der Waals surface area (Å²) in [5.74, 6) is -1.71. The van der Waals surface area contributed by atoms with Crippen LogP contribution in [0.4, 0.5) is 4.39 Å². The SMILES string of the molecule is CC(C)[C@](C)(C#N)NC(=O)COC(=O)/C=C/c1ccc(F)cc1. The molecule has 0 unspecified atom stereocenters. The summed E-state index contributed by atoms with van der Waals surface area (Å²) >= 11 is 0. The highest BCUT2D eigenvalue weighted by Crippen LogP contribution is 2.14. The second kappa shape index (κ2) is 8.08. The van der Waals surface area contributed by atoms with Gasteiger partial charge in [0.05, 0.1) is 6.07 Å². The maximum absolute atomic E-state index is 12.7. The van der Waals surface area contributed by atoms with E-state index in [1.165, 1.54) is 30.3 Å². The number of hydrogen-bond acceptors (Lipinski definition) is 4. The van der Waals surface area contributed by atoms with Gasteiger partial charge < -0.3 is 10.1 Å². The summed E-state index contributed by atoms with van der Waals surface area (Å²) in [7, 11) is 0. The van der Waals surface area contributed by atoms with Gasteiger partial charge in [-0.05, 0) is 36.6 Å². The lowest BCUT2D eigenvalue weighted by atomic mass is 9.90. The lowest BCUT2D eigenvalue weighted by molar-refractivity contribution is -0.144. The molecule has 0 fully saturated rings. The van der Waals surface area contributed by atoms with E-state index in [0.717, 1.165) is 6.08 Å². The largest absolute Gasteiger partial charge is 0.452 e. The van der Waals surface area contributed by atoms with Crippen molar-refractivity contribution in [2.45, 2.75) is 26.3 Å². The third kappa shape index (κ3) is 5.91. The highest BCUT2D eigenvalue weighted by molar-refractivity contribution is 5.89. The maximum atomic E-state index is 12.7. The van der Waals surface area contributed by atoms with Gasteiger partial charge in [-0.1, -0.05) is 26.0 Å². The fraction of sp³-hybridized carbons (Fsp3) is 0.353. The van der Waals surface area contributed by atoms with Crippen molar-refractivity contribution in [3.8, 4) is 6.07 Å². The van der Waals surface area contributed by atoms with Crippen LogP contribution >= 0.6 is 0 Å². The standard InChI is InChI=1S/C17H19FN2O3/c1-12(2)17(3,11-19)20-15(21)10-23-16(22)9-6-13-4-7-14(18)8-5-13/h4-9,12H,10H2,1-3H3,(H,20,21)/b9-6+/t17-/m0/s1. The number of rotatable bonds is 6. The summed E-state index contributed by atoms with van der Waals surface area (Å²) in [5, 5.41) is 11.6. The zero-order chi connectivity index (χ0) is 17.5. The molecule has 0 aliphatic rings. The number of esters is 1. The molecule has 6 heteroatoms. The molecule has 0 radical (unpaired) electrons. The molecule has 1 atom stereocenters. The van der Waals surface area contributed by atoms with Gasteiger partial charge in [-0.2, -0.15) is 5.26 Å². The smallest absolute Gasteiger partial charge is 0.331 e. The third-order valence-corrected chi connectivity index (χ3v) is 3.41. The van der Waals surface area contributed by atoms with Gasteiger partial charge in [0.1, 0.15) is 11.4 Å². The van der Waals surface area contributed by atoms with Crippen molar-refractivity contribution in [1.29, 1.82) is 5.26 Å². The Morgan fingerprint density at radius 1 is 1.39 bits per heavy atom. The Bertz CT molecular complexity index is 632. The number of benzene rings is 1. The van der Waals surface area contributed by atoms with Gasteiger partial charge >= 0.3 is 5.97 Å². The molecule has 1 aromatic rings. The topological polar surface area (TPSA) is 79.2 Å². The van der Waals surface area contributed by atoms with Crippen LogP contribution in [0.25, 0.3) is 6.08 Å². The van der Waals surface area contributed by atoms with Gasteiger partial charge in [0.25, 0.3) is 5.91 Å². The minimum Gasteiger partial charge on any atom is -0.452 e. The van der Waals surface area contributed by atoms with Crippen molar-refractivity contribution >= 4 is 18.0 Å². The molecule has 122 valence electrons. The summed E-state index contributed by atoms with van der Waals surface area (Å²) in [6, 6.07) is 7.59. The van der Waals surface area contributed by atoms with Crippen molar-refractivity contribution in [2.24, 2.45) is 5.92 Å². The molecule has 0 aromatic heterocycles. The molecule has 0 saturated heterocycles. The van der Waals surface area contributed by atoms with Crippen molar-refractivity contribution in [2.75, 3.05) is 6.61 Å². The van der Waals surface area contributed by atoms with Crippen LogP contribution in [0.1, 0.15) is 26.3 Å². The molecule has 1 rings (SSSR count). The maximum Gasteiger partial charge on any atom is 0.331 e. The molecular weight excluding hydrogens is 299 g/mol. The zero-order valence-electron chi connectivity index (χ0n) is 13.3. The lowest BCUT2D eigenvalue weighted by Gasteiger charge is -2.27. The third-order valence-electron chi connectivity index (χ3n) is 3.41. The minimum atomic E-state index is -1.02. The number of carbonyl (C=O) groups excluding carboxylic acids is 2. The van der Waals surface area contributed by atoms with E-state index in [0.29, 0.717) is 5.56 Å². The number of carbonyl (C=O) groups is 2. The van der Waals surface area contributed by atoms with Crippen LogP contribution in [-0.4, -0.2) is 24.0 Å². The Labute approximate surface area is 134 Å². The number of nitrogens with zero attached hydrogens (tertiary/aromatic N) is 1. The van der Waals surface area contributed by atoms with E-state index in [2.05, 4.69) is 5.32 Å². The molecule has 0 bridgehead atoms. The van der Waals surface area contributed by atoms with Crippen LogP contribution in [0.5, 0.6) is 0 Å². The molecule has 0 saturated carbocycles. The number of nitriles is 1. The molecule has 0 aliphatic heterocycles. The molecule has 0 aliphatic carbocycles. The van der Waals surface area contributed by atoms with Crippen molar-refractivity contribution in [3.63, 3.8) is 0 Å². The van der Waals surface area contributed by atoms with Crippen LogP contribution in [0, 0.1) is 23.1 Å². The summed E-state index contributed by atoms with van der Waals surface area (Å²) in [6.45, 7) is 4.74. The number of hydrogen-bond donors (Lipinski definition) is 1. The molecule has 23 heavy (non-hydrogen) atoms. The van der Waals surface area contributed by atoms with Gasteiger partial charge in [0.15, 0.2) is 6.61 Å². The molecule has 0 spiro atoms. The quantitative estimate of drug-likeness (QED) is 0.645. The Morgan fingerprint density at radius 3 is 2.52 bits per heavy atom. The second-order valence-electron chi connectivity index (χ2n) is 5.51. The summed E-state index contributed by atoms with van der Waals surface area (Å²) in [4.78, 5) is 23.3. The van der Waals surface area contributed by atoms with E-state index in [1.807, 2.05) is 6.07 Å². The molecule has 5 nitrogen and oxygen atoms in total. The lowest BCUT2D eigenvalue weighted by Crippen LogP contribution is -2.50. The van der Waals surface area contributed by atoms with Gasteiger partial charge in [0.2, 0.25) is 0 Å². The monoisotopic (exact) mass is 318 g/mol. The first-order valence-corrected chi connectivity index (χ1v) is 7.09. The van der Waals surface area contributed by atoms with Crippen molar-refractivity contribution in [3.05, 3.63) is 41.7 Å². The van der Waals surface area contributed by atoms with Gasteiger partial charge in [-0.3, -0.25) is 4.79 Å².